The number of carbonyl (C=O) groups is 1. The molecule has 0 saturated heterocycles. The largest absolute Gasteiger partial charge is 0.322 e. The standard InChI is InChI=1S/C20H20ClN3O/c1-13-8-10-17(11-9-13)22-20(25)19-14(2)23-24(15(19)3)12-16-6-4-5-7-18(16)21/h4-11H,12H2,1-3H3,(H,22,25). The van der Waals surface area contributed by atoms with Crippen molar-refractivity contribution in [2.75, 3.05) is 5.32 Å². The van der Waals surface area contributed by atoms with Crippen LogP contribution in [-0.2, 0) is 6.54 Å². The van der Waals surface area contributed by atoms with Gasteiger partial charge in [0.25, 0.3) is 5.91 Å². The Labute approximate surface area is 152 Å². The Morgan fingerprint density at radius 1 is 1.08 bits per heavy atom. The van der Waals surface area contributed by atoms with Crippen LogP contribution in [0.5, 0.6) is 0 Å². The Kier molecular flexibility index (Phi) is 4.91. The first-order valence-electron chi connectivity index (χ1n) is 8.11. The van der Waals surface area contributed by atoms with Crippen LogP contribution in [0.25, 0.3) is 0 Å². The molecule has 25 heavy (non-hydrogen) atoms. The summed E-state index contributed by atoms with van der Waals surface area (Å²) in [5.41, 5.74) is 5.02. The normalized spacial score (nSPS) is 10.7. The lowest BCUT2D eigenvalue weighted by atomic mass is 10.1. The first-order valence-corrected chi connectivity index (χ1v) is 8.49. The van der Waals surface area contributed by atoms with Crippen molar-refractivity contribution in [1.82, 2.24) is 9.78 Å². The highest BCUT2D eigenvalue weighted by molar-refractivity contribution is 6.31. The zero-order valence-electron chi connectivity index (χ0n) is 14.5. The number of rotatable bonds is 4. The van der Waals surface area contributed by atoms with Gasteiger partial charge in [0.05, 0.1) is 17.8 Å². The third kappa shape index (κ3) is 3.74. The predicted octanol–water partition coefficient (Wildman–Crippen LogP) is 4.76. The van der Waals surface area contributed by atoms with Gasteiger partial charge in [-0.15, -0.1) is 0 Å². The van der Waals surface area contributed by atoms with E-state index in [-0.39, 0.29) is 5.91 Å². The second-order valence-electron chi connectivity index (χ2n) is 6.12. The molecule has 3 rings (SSSR count). The highest BCUT2D eigenvalue weighted by Gasteiger charge is 2.19. The van der Waals surface area contributed by atoms with Crippen molar-refractivity contribution in [1.29, 1.82) is 0 Å². The van der Waals surface area contributed by atoms with Crippen molar-refractivity contribution < 1.29 is 4.79 Å². The smallest absolute Gasteiger partial charge is 0.259 e. The molecular weight excluding hydrogens is 334 g/mol. The van der Waals surface area contributed by atoms with Crippen molar-refractivity contribution in [3.8, 4) is 0 Å². The van der Waals surface area contributed by atoms with Gasteiger partial charge in [-0.2, -0.15) is 5.10 Å². The highest BCUT2D eigenvalue weighted by Crippen LogP contribution is 2.20. The number of hydrogen-bond donors (Lipinski definition) is 1. The molecule has 0 spiro atoms. The van der Waals surface area contributed by atoms with E-state index in [9.17, 15) is 4.79 Å². The molecular formula is C20H20ClN3O. The average Bonchev–Trinajstić information content (AvgIpc) is 2.86. The van der Waals surface area contributed by atoms with E-state index in [2.05, 4.69) is 10.4 Å². The van der Waals surface area contributed by atoms with Crippen LogP contribution in [-0.4, -0.2) is 15.7 Å². The Morgan fingerprint density at radius 3 is 2.44 bits per heavy atom. The minimum Gasteiger partial charge on any atom is -0.322 e. The fourth-order valence-electron chi connectivity index (χ4n) is 2.80. The summed E-state index contributed by atoms with van der Waals surface area (Å²) in [6, 6.07) is 15.4. The van der Waals surface area contributed by atoms with Gasteiger partial charge < -0.3 is 5.32 Å². The van der Waals surface area contributed by atoms with E-state index in [1.54, 1.807) is 0 Å². The number of carbonyl (C=O) groups excluding carboxylic acids is 1. The van der Waals surface area contributed by atoms with Crippen molar-refractivity contribution >= 4 is 23.2 Å². The maximum Gasteiger partial charge on any atom is 0.259 e. The first kappa shape index (κ1) is 17.2. The fourth-order valence-corrected chi connectivity index (χ4v) is 2.99. The number of amides is 1. The molecule has 1 N–H and O–H groups in total. The molecule has 0 saturated carbocycles. The van der Waals surface area contributed by atoms with Gasteiger partial charge in [0.2, 0.25) is 0 Å². The lowest BCUT2D eigenvalue weighted by Gasteiger charge is -2.08. The molecule has 0 unspecified atom stereocenters. The maximum atomic E-state index is 12.7. The number of aryl methyl sites for hydroxylation is 2. The Balaban J connectivity index is 1.85. The fraction of sp³-hybridized carbons (Fsp3) is 0.200. The van der Waals surface area contributed by atoms with Gasteiger partial charge in [0.15, 0.2) is 0 Å². The van der Waals surface area contributed by atoms with Gasteiger partial charge in [-0.25, -0.2) is 0 Å². The van der Waals surface area contributed by atoms with E-state index in [0.717, 1.165) is 22.5 Å². The van der Waals surface area contributed by atoms with Gasteiger partial charge >= 0.3 is 0 Å². The molecule has 1 amide bonds. The van der Waals surface area contributed by atoms with E-state index in [4.69, 9.17) is 11.6 Å². The summed E-state index contributed by atoms with van der Waals surface area (Å²) in [7, 11) is 0. The molecule has 1 aromatic heterocycles. The third-order valence-corrected chi connectivity index (χ3v) is 4.56. The summed E-state index contributed by atoms with van der Waals surface area (Å²) >= 11 is 6.24. The van der Waals surface area contributed by atoms with Crippen molar-refractivity contribution in [3.63, 3.8) is 0 Å². The van der Waals surface area contributed by atoms with Crippen molar-refractivity contribution in [2.45, 2.75) is 27.3 Å². The molecule has 3 aromatic rings. The number of halogens is 1. The van der Waals surface area contributed by atoms with Crippen molar-refractivity contribution in [2.24, 2.45) is 0 Å². The predicted molar refractivity (Wildman–Crippen MR) is 101 cm³/mol. The summed E-state index contributed by atoms with van der Waals surface area (Å²) in [4.78, 5) is 12.7. The molecule has 0 aliphatic carbocycles. The molecule has 0 bridgehead atoms. The van der Waals surface area contributed by atoms with Crippen LogP contribution >= 0.6 is 11.6 Å². The zero-order valence-corrected chi connectivity index (χ0v) is 15.3. The summed E-state index contributed by atoms with van der Waals surface area (Å²) in [5, 5.41) is 8.15. The molecule has 5 heteroatoms. The van der Waals surface area contributed by atoms with E-state index in [1.807, 2.05) is 74.0 Å². The monoisotopic (exact) mass is 353 g/mol. The average molecular weight is 354 g/mol. The minimum atomic E-state index is -0.149. The molecule has 128 valence electrons. The molecule has 0 aliphatic heterocycles. The van der Waals surface area contributed by atoms with Crippen LogP contribution in [0.2, 0.25) is 5.02 Å². The molecule has 0 atom stereocenters. The molecule has 4 nitrogen and oxygen atoms in total. The van der Waals surface area contributed by atoms with Crippen LogP contribution in [0, 0.1) is 20.8 Å². The molecule has 2 aromatic carbocycles. The third-order valence-electron chi connectivity index (χ3n) is 4.20. The Morgan fingerprint density at radius 2 is 1.76 bits per heavy atom. The quantitative estimate of drug-likeness (QED) is 0.734. The lowest BCUT2D eigenvalue weighted by Crippen LogP contribution is -2.14. The minimum absolute atomic E-state index is 0.149. The second kappa shape index (κ2) is 7.11. The van der Waals surface area contributed by atoms with Crippen LogP contribution in [0.1, 0.15) is 32.9 Å². The summed E-state index contributed by atoms with van der Waals surface area (Å²) in [6.45, 7) is 6.30. The number of nitrogens with one attached hydrogen (secondary N) is 1. The second-order valence-corrected chi connectivity index (χ2v) is 6.52. The van der Waals surface area contributed by atoms with E-state index >= 15 is 0 Å². The SMILES string of the molecule is Cc1ccc(NC(=O)c2c(C)nn(Cc3ccccc3Cl)c2C)cc1. The van der Waals surface area contributed by atoms with Crippen molar-refractivity contribution in [3.05, 3.63) is 81.6 Å². The van der Waals surface area contributed by atoms with E-state index in [0.29, 0.717) is 22.8 Å². The summed E-state index contributed by atoms with van der Waals surface area (Å²) < 4.78 is 1.82. The topological polar surface area (TPSA) is 46.9 Å². The number of benzene rings is 2. The molecule has 0 radical (unpaired) electrons. The Hall–Kier alpha value is -2.59. The summed E-state index contributed by atoms with van der Waals surface area (Å²) in [5.74, 6) is -0.149. The zero-order chi connectivity index (χ0) is 18.0. The number of anilines is 1. The van der Waals surface area contributed by atoms with Gasteiger partial charge in [-0.05, 0) is 44.5 Å². The number of nitrogens with zero attached hydrogens (tertiary/aromatic N) is 2. The lowest BCUT2D eigenvalue weighted by molar-refractivity contribution is 0.102. The highest BCUT2D eigenvalue weighted by atomic mass is 35.5. The van der Waals surface area contributed by atoms with Crippen LogP contribution < -0.4 is 5.32 Å². The van der Waals surface area contributed by atoms with Gasteiger partial charge in [0, 0.05) is 16.4 Å². The van der Waals surface area contributed by atoms with E-state index in [1.165, 1.54) is 0 Å². The van der Waals surface area contributed by atoms with Crippen LogP contribution in [0.3, 0.4) is 0 Å². The molecule has 1 heterocycles. The number of aromatic nitrogens is 2. The van der Waals surface area contributed by atoms with E-state index < -0.39 is 0 Å². The maximum absolute atomic E-state index is 12.7. The molecule has 0 aliphatic rings. The van der Waals surface area contributed by atoms with Crippen LogP contribution in [0.4, 0.5) is 5.69 Å². The molecule has 0 fully saturated rings. The van der Waals surface area contributed by atoms with Gasteiger partial charge in [0.1, 0.15) is 0 Å². The number of hydrogen-bond acceptors (Lipinski definition) is 2. The van der Waals surface area contributed by atoms with Gasteiger partial charge in [-0.3, -0.25) is 9.48 Å². The summed E-state index contributed by atoms with van der Waals surface area (Å²) in [6.07, 6.45) is 0. The Bertz CT molecular complexity index is 913. The first-order chi connectivity index (χ1) is 12.0. The van der Waals surface area contributed by atoms with Gasteiger partial charge in [-0.1, -0.05) is 47.5 Å². The van der Waals surface area contributed by atoms with Crippen LogP contribution in [0.15, 0.2) is 48.5 Å².